The third-order valence-electron chi connectivity index (χ3n) is 2.31. The number of rotatable bonds is 2. The molecule has 0 spiro atoms. The molecule has 2 N–H and O–H groups in total. The van der Waals surface area contributed by atoms with Crippen LogP contribution in [-0.4, -0.2) is 17.7 Å². The smallest absolute Gasteiger partial charge is 0.133 e. The maximum absolute atomic E-state index is 9.75. The molecule has 12 heavy (non-hydrogen) atoms. The maximum Gasteiger partial charge on any atom is 0.133 e. The quantitative estimate of drug-likeness (QED) is 0.692. The van der Waals surface area contributed by atoms with Gasteiger partial charge in [0.05, 0.1) is 6.26 Å². The number of furan rings is 1. The predicted molar refractivity (Wildman–Crippen MR) is 44.7 cm³/mol. The molecule has 0 amide bonds. The first-order valence-corrected chi connectivity index (χ1v) is 4.33. The fourth-order valence-corrected chi connectivity index (χ4v) is 1.64. The molecular weight excluding hydrogens is 154 g/mol. The molecule has 0 aliphatic carbocycles. The summed E-state index contributed by atoms with van der Waals surface area (Å²) in [5.74, 6) is 0.661. The molecule has 1 aliphatic rings. The van der Waals surface area contributed by atoms with Crippen LogP contribution in [0.25, 0.3) is 0 Å². The van der Waals surface area contributed by atoms with Crippen molar-refractivity contribution in [3.05, 3.63) is 24.2 Å². The van der Waals surface area contributed by atoms with Crippen LogP contribution in [-0.2, 0) is 0 Å². The molecular formula is C9H13NO2. The molecule has 0 radical (unpaired) electrons. The van der Waals surface area contributed by atoms with E-state index in [4.69, 9.17) is 4.42 Å². The first-order chi connectivity index (χ1) is 5.88. The summed E-state index contributed by atoms with van der Waals surface area (Å²) >= 11 is 0. The highest BCUT2D eigenvalue weighted by Crippen LogP contribution is 2.22. The number of aliphatic hydroxyl groups is 1. The Balaban J connectivity index is 2.04. The van der Waals surface area contributed by atoms with Gasteiger partial charge < -0.3 is 14.8 Å². The maximum atomic E-state index is 9.75. The van der Waals surface area contributed by atoms with Crippen molar-refractivity contribution in [2.45, 2.75) is 25.0 Å². The van der Waals surface area contributed by atoms with Gasteiger partial charge in [0.25, 0.3) is 0 Å². The lowest BCUT2D eigenvalue weighted by Crippen LogP contribution is -2.28. The predicted octanol–water partition coefficient (Wildman–Crippen LogP) is 1.06. The summed E-state index contributed by atoms with van der Waals surface area (Å²) in [5, 5.41) is 13.0. The van der Waals surface area contributed by atoms with Crippen molar-refractivity contribution in [1.29, 1.82) is 0 Å². The molecule has 1 aliphatic heterocycles. The largest absolute Gasteiger partial charge is 0.467 e. The summed E-state index contributed by atoms with van der Waals surface area (Å²) in [6.45, 7) is 1.00. The number of nitrogens with one attached hydrogen (secondary N) is 1. The van der Waals surface area contributed by atoms with E-state index in [9.17, 15) is 5.11 Å². The van der Waals surface area contributed by atoms with Gasteiger partial charge in [-0.05, 0) is 31.5 Å². The zero-order chi connectivity index (χ0) is 8.39. The zero-order valence-electron chi connectivity index (χ0n) is 6.86. The van der Waals surface area contributed by atoms with Crippen molar-refractivity contribution in [3.8, 4) is 0 Å². The summed E-state index contributed by atoms with van der Waals surface area (Å²) in [6, 6.07) is 3.79. The zero-order valence-corrected chi connectivity index (χ0v) is 6.86. The highest BCUT2D eigenvalue weighted by molar-refractivity contribution is 5.05. The van der Waals surface area contributed by atoms with E-state index in [0.717, 1.165) is 19.4 Å². The lowest BCUT2D eigenvalue weighted by atomic mass is 10.1. The summed E-state index contributed by atoms with van der Waals surface area (Å²) in [5.41, 5.74) is 0. The van der Waals surface area contributed by atoms with Crippen LogP contribution < -0.4 is 5.32 Å². The normalized spacial score (nSPS) is 25.9. The molecule has 3 nitrogen and oxygen atoms in total. The molecule has 2 rings (SSSR count). The SMILES string of the molecule is OC(c1ccco1)[C@@H]1CCCN1. The van der Waals surface area contributed by atoms with Crippen molar-refractivity contribution in [2.75, 3.05) is 6.54 Å². The first kappa shape index (κ1) is 7.83. The van der Waals surface area contributed by atoms with E-state index in [1.54, 1.807) is 12.3 Å². The van der Waals surface area contributed by atoms with E-state index in [0.29, 0.717) is 5.76 Å². The van der Waals surface area contributed by atoms with Crippen molar-refractivity contribution < 1.29 is 9.52 Å². The third kappa shape index (κ3) is 1.38. The fourth-order valence-electron chi connectivity index (χ4n) is 1.64. The molecule has 1 saturated heterocycles. The highest BCUT2D eigenvalue weighted by atomic mass is 16.4. The Hall–Kier alpha value is -0.800. The topological polar surface area (TPSA) is 45.4 Å². The molecule has 3 heteroatoms. The van der Waals surface area contributed by atoms with Crippen molar-refractivity contribution in [2.24, 2.45) is 0 Å². The van der Waals surface area contributed by atoms with Gasteiger partial charge >= 0.3 is 0 Å². The lowest BCUT2D eigenvalue weighted by Gasteiger charge is -2.15. The van der Waals surface area contributed by atoms with E-state index < -0.39 is 6.10 Å². The Labute approximate surface area is 71.4 Å². The van der Waals surface area contributed by atoms with Crippen molar-refractivity contribution >= 4 is 0 Å². The summed E-state index contributed by atoms with van der Waals surface area (Å²) in [6.07, 6.45) is 3.28. The van der Waals surface area contributed by atoms with E-state index in [-0.39, 0.29) is 6.04 Å². The van der Waals surface area contributed by atoms with Crippen LogP contribution in [0, 0.1) is 0 Å². The Morgan fingerprint density at radius 2 is 2.58 bits per heavy atom. The van der Waals surface area contributed by atoms with E-state index >= 15 is 0 Å². The Kier molecular flexibility index (Phi) is 2.15. The number of aliphatic hydroxyl groups excluding tert-OH is 1. The first-order valence-electron chi connectivity index (χ1n) is 4.33. The number of hydrogen-bond donors (Lipinski definition) is 2. The second-order valence-electron chi connectivity index (χ2n) is 3.16. The van der Waals surface area contributed by atoms with Gasteiger partial charge in [0.15, 0.2) is 0 Å². The molecule has 1 unspecified atom stereocenters. The van der Waals surface area contributed by atoms with Gasteiger partial charge in [-0.25, -0.2) is 0 Å². The van der Waals surface area contributed by atoms with Crippen LogP contribution in [0.1, 0.15) is 24.7 Å². The molecule has 2 heterocycles. The van der Waals surface area contributed by atoms with Gasteiger partial charge in [0, 0.05) is 6.04 Å². The summed E-state index contributed by atoms with van der Waals surface area (Å²) < 4.78 is 5.12. The standard InChI is InChI=1S/C9H13NO2/c11-9(7-3-1-5-10-7)8-4-2-6-12-8/h2,4,6-7,9-11H,1,3,5H2/t7-,9?/m0/s1. The van der Waals surface area contributed by atoms with Gasteiger partial charge in [0.2, 0.25) is 0 Å². The minimum atomic E-state index is -0.484. The molecule has 66 valence electrons. The highest BCUT2D eigenvalue weighted by Gasteiger charge is 2.25. The van der Waals surface area contributed by atoms with Gasteiger partial charge in [-0.15, -0.1) is 0 Å². The lowest BCUT2D eigenvalue weighted by molar-refractivity contribution is 0.113. The second-order valence-corrected chi connectivity index (χ2v) is 3.16. The monoisotopic (exact) mass is 167 g/mol. The van der Waals surface area contributed by atoms with Crippen molar-refractivity contribution in [3.63, 3.8) is 0 Å². The Morgan fingerprint density at radius 3 is 3.17 bits per heavy atom. The average molecular weight is 167 g/mol. The third-order valence-corrected chi connectivity index (χ3v) is 2.31. The summed E-state index contributed by atoms with van der Waals surface area (Å²) in [7, 11) is 0. The average Bonchev–Trinajstić information content (AvgIpc) is 2.77. The summed E-state index contributed by atoms with van der Waals surface area (Å²) in [4.78, 5) is 0. The van der Waals surface area contributed by atoms with Crippen molar-refractivity contribution in [1.82, 2.24) is 5.32 Å². The second kappa shape index (κ2) is 3.29. The Bertz CT molecular complexity index is 227. The Morgan fingerprint density at radius 1 is 1.67 bits per heavy atom. The number of hydrogen-bond acceptors (Lipinski definition) is 3. The molecule has 0 saturated carbocycles. The van der Waals surface area contributed by atoms with Gasteiger partial charge in [-0.2, -0.15) is 0 Å². The van der Waals surface area contributed by atoms with Gasteiger partial charge in [-0.1, -0.05) is 0 Å². The van der Waals surface area contributed by atoms with E-state index in [1.165, 1.54) is 0 Å². The van der Waals surface area contributed by atoms with E-state index in [2.05, 4.69) is 5.32 Å². The van der Waals surface area contributed by atoms with Crippen LogP contribution >= 0.6 is 0 Å². The van der Waals surface area contributed by atoms with Crippen LogP contribution in [0.15, 0.2) is 22.8 Å². The van der Waals surface area contributed by atoms with Gasteiger partial charge in [0.1, 0.15) is 11.9 Å². The molecule has 1 fully saturated rings. The van der Waals surface area contributed by atoms with Crippen LogP contribution in [0.3, 0.4) is 0 Å². The van der Waals surface area contributed by atoms with E-state index in [1.807, 2.05) is 6.07 Å². The molecule has 1 aromatic heterocycles. The molecule has 0 aromatic carbocycles. The molecule has 0 bridgehead atoms. The van der Waals surface area contributed by atoms with Crippen LogP contribution in [0.2, 0.25) is 0 Å². The molecule has 2 atom stereocenters. The van der Waals surface area contributed by atoms with Crippen LogP contribution in [0.5, 0.6) is 0 Å². The van der Waals surface area contributed by atoms with Crippen LogP contribution in [0.4, 0.5) is 0 Å². The fraction of sp³-hybridized carbons (Fsp3) is 0.556. The molecule has 1 aromatic rings. The minimum Gasteiger partial charge on any atom is -0.467 e. The van der Waals surface area contributed by atoms with Gasteiger partial charge in [-0.3, -0.25) is 0 Å². The minimum absolute atomic E-state index is 0.177.